The van der Waals surface area contributed by atoms with Gasteiger partial charge in [0.1, 0.15) is 18.2 Å². The second kappa shape index (κ2) is 11.4. The van der Waals surface area contributed by atoms with Crippen LogP contribution in [-0.2, 0) is 19.4 Å². The van der Waals surface area contributed by atoms with Crippen molar-refractivity contribution in [3.05, 3.63) is 33.8 Å². The topological polar surface area (TPSA) is 125 Å². The van der Waals surface area contributed by atoms with Crippen molar-refractivity contribution in [2.24, 2.45) is 0 Å². The summed E-state index contributed by atoms with van der Waals surface area (Å²) in [7, 11) is 0.0709. The predicted molar refractivity (Wildman–Crippen MR) is 126 cm³/mol. The van der Waals surface area contributed by atoms with Crippen molar-refractivity contribution in [2.45, 2.75) is 11.1 Å². The Kier molecular flexibility index (Phi) is 9.33. The number of hydrogen-bond donors (Lipinski definition) is 2. The molecule has 0 fully saturated rings. The predicted octanol–water partition coefficient (Wildman–Crippen LogP) is 2.95. The first-order valence-corrected chi connectivity index (χ1v) is 12.9. The Labute approximate surface area is 206 Å². The van der Waals surface area contributed by atoms with Crippen molar-refractivity contribution >= 4 is 54.5 Å². The molecule has 2 aromatic rings. The summed E-state index contributed by atoms with van der Waals surface area (Å²) in [5, 5.41) is 18.0. The molecule has 0 aliphatic heterocycles. The van der Waals surface area contributed by atoms with E-state index in [0.717, 1.165) is 17.6 Å². The van der Waals surface area contributed by atoms with Crippen molar-refractivity contribution in [3.8, 4) is 10.6 Å². The fourth-order valence-corrected chi connectivity index (χ4v) is 4.57. The highest BCUT2D eigenvalue weighted by atomic mass is 79.9. The van der Waals surface area contributed by atoms with Gasteiger partial charge in [0.25, 0.3) is 0 Å². The van der Waals surface area contributed by atoms with Crippen LogP contribution >= 0.6 is 27.3 Å². The molecule has 0 bridgehead atoms. The molecule has 2 N–H and O–H groups in total. The van der Waals surface area contributed by atoms with Gasteiger partial charge in [-0.15, -0.1) is 10.2 Å². The number of ether oxygens (including phenoxy) is 1. The molecule has 2 rings (SSSR count). The number of sulfone groups is 1. The van der Waals surface area contributed by atoms with Crippen molar-refractivity contribution in [1.29, 1.82) is 5.41 Å². The number of carbonyl (C=O) groups excluding carboxylic acids is 1. The minimum atomic E-state index is -4.96. The number of nitrogens with zero attached hydrogens (tertiary/aromatic N) is 3. The Bertz CT molecular complexity index is 1200. The third kappa shape index (κ3) is 7.85. The molecule has 0 spiro atoms. The molecule has 0 saturated carbocycles. The fraction of sp³-hybridized carbons (Fsp3) is 0.368. The van der Waals surface area contributed by atoms with Gasteiger partial charge in [0.2, 0.25) is 0 Å². The van der Waals surface area contributed by atoms with Gasteiger partial charge in [-0.1, -0.05) is 23.5 Å². The molecule has 0 unspecified atom stereocenters. The van der Waals surface area contributed by atoms with E-state index in [0.29, 0.717) is 12.1 Å². The molecular weight excluding hydrogens is 563 g/mol. The van der Waals surface area contributed by atoms with Crippen molar-refractivity contribution in [3.63, 3.8) is 0 Å². The van der Waals surface area contributed by atoms with Crippen LogP contribution in [0.4, 0.5) is 13.2 Å². The number of likely N-dealkylation sites (N-methyl/N-ethyl adjacent to an activating group) is 1. The minimum absolute atomic E-state index is 0.0381. The Morgan fingerprint density at radius 2 is 1.97 bits per heavy atom. The molecule has 0 atom stereocenters. The summed E-state index contributed by atoms with van der Waals surface area (Å²) in [6.07, 6.45) is -3.92. The average Bonchev–Trinajstić information content (AvgIpc) is 3.21. The van der Waals surface area contributed by atoms with E-state index in [4.69, 9.17) is 10.1 Å². The molecule has 1 aromatic heterocycles. The van der Waals surface area contributed by atoms with Gasteiger partial charge < -0.3 is 15.0 Å². The Hall–Kier alpha value is -2.36. The SMILES string of the molecule is CN(C)CCOC(=O)CN/C(=C(/Br)C(=N)C(F)(F)F)c1nnc(-c2cccc(S(C)(=O)=O)c2)s1. The highest BCUT2D eigenvalue weighted by molar-refractivity contribution is 9.12. The van der Waals surface area contributed by atoms with E-state index >= 15 is 0 Å². The van der Waals surface area contributed by atoms with E-state index < -0.39 is 38.7 Å². The van der Waals surface area contributed by atoms with Gasteiger partial charge in [0.05, 0.1) is 15.1 Å². The van der Waals surface area contributed by atoms with E-state index in [-0.39, 0.29) is 27.2 Å². The lowest BCUT2D eigenvalue weighted by Crippen LogP contribution is -2.29. The molecule has 0 aliphatic carbocycles. The largest absolute Gasteiger partial charge is 0.463 e. The highest BCUT2D eigenvalue weighted by Crippen LogP contribution is 2.33. The summed E-state index contributed by atoms with van der Waals surface area (Å²) in [6, 6.07) is 5.84. The number of allylic oxidation sites excluding steroid dienone is 1. The first-order chi connectivity index (χ1) is 15.7. The second-order valence-corrected chi connectivity index (χ2v) is 10.9. The summed E-state index contributed by atoms with van der Waals surface area (Å²) in [4.78, 5) is 13.8. The maximum absolute atomic E-state index is 13.1. The van der Waals surface area contributed by atoms with Gasteiger partial charge in [-0.3, -0.25) is 10.2 Å². The van der Waals surface area contributed by atoms with E-state index in [1.54, 1.807) is 25.1 Å². The van der Waals surface area contributed by atoms with Crippen LogP contribution in [0.2, 0.25) is 0 Å². The maximum Gasteiger partial charge on any atom is 0.433 e. The fourth-order valence-electron chi connectivity index (χ4n) is 2.35. The summed E-state index contributed by atoms with van der Waals surface area (Å²) in [5.74, 6) is -0.719. The molecule has 0 saturated heterocycles. The quantitative estimate of drug-likeness (QED) is 0.323. The van der Waals surface area contributed by atoms with Crippen molar-refractivity contribution in [2.75, 3.05) is 40.0 Å². The molecule has 15 heteroatoms. The third-order valence-electron chi connectivity index (χ3n) is 4.08. The Morgan fingerprint density at radius 3 is 2.56 bits per heavy atom. The number of rotatable bonds is 10. The number of esters is 1. The molecule has 0 aliphatic rings. The van der Waals surface area contributed by atoms with Crippen LogP contribution in [0.15, 0.2) is 33.6 Å². The molecule has 0 amide bonds. The van der Waals surface area contributed by atoms with Crippen LogP contribution in [0.3, 0.4) is 0 Å². The minimum Gasteiger partial charge on any atom is -0.463 e. The maximum atomic E-state index is 13.1. The van der Waals surface area contributed by atoms with Crippen LogP contribution < -0.4 is 5.32 Å². The number of halogens is 4. The second-order valence-electron chi connectivity index (χ2n) is 7.15. The molecule has 9 nitrogen and oxygen atoms in total. The van der Waals surface area contributed by atoms with Crippen molar-refractivity contribution < 1.29 is 31.1 Å². The van der Waals surface area contributed by atoms with E-state index in [9.17, 15) is 26.4 Å². The van der Waals surface area contributed by atoms with E-state index in [2.05, 4.69) is 31.4 Å². The molecule has 34 heavy (non-hydrogen) atoms. The molecule has 1 heterocycles. The average molecular weight is 584 g/mol. The number of nitrogens with one attached hydrogen (secondary N) is 2. The lowest BCUT2D eigenvalue weighted by atomic mass is 10.2. The molecule has 1 aromatic carbocycles. The van der Waals surface area contributed by atoms with Gasteiger partial charge >= 0.3 is 12.1 Å². The van der Waals surface area contributed by atoms with Crippen LogP contribution in [0, 0.1) is 5.41 Å². The number of aromatic nitrogens is 2. The zero-order chi connectivity index (χ0) is 25.7. The molecular formula is C19H21BrF3N5O4S2. The first kappa shape index (κ1) is 27.9. The van der Waals surface area contributed by atoms with Gasteiger partial charge in [-0.25, -0.2) is 8.42 Å². The third-order valence-corrected chi connectivity index (χ3v) is 6.97. The number of benzene rings is 1. The van der Waals surface area contributed by atoms with Crippen LogP contribution in [0.25, 0.3) is 16.3 Å². The van der Waals surface area contributed by atoms with E-state index in [1.807, 2.05) is 0 Å². The summed E-state index contributed by atoms with van der Waals surface area (Å²) in [5.41, 5.74) is -1.59. The van der Waals surface area contributed by atoms with E-state index in [1.165, 1.54) is 18.2 Å². The summed E-state index contributed by atoms with van der Waals surface area (Å²) < 4.78 is 67.4. The number of carbonyl (C=O) groups is 1. The van der Waals surface area contributed by atoms with Gasteiger partial charge in [-0.2, -0.15) is 13.2 Å². The summed E-state index contributed by atoms with van der Waals surface area (Å²) in [6.45, 7) is 0.0658. The summed E-state index contributed by atoms with van der Waals surface area (Å²) >= 11 is 3.63. The zero-order valence-electron chi connectivity index (χ0n) is 18.2. The van der Waals surface area contributed by atoms with Crippen LogP contribution in [-0.4, -0.2) is 81.4 Å². The smallest absolute Gasteiger partial charge is 0.433 e. The van der Waals surface area contributed by atoms with Gasteiger partial charge in [0, 0.05) is 18.4 Å². The van der Waals surface area contributed by atoms with Crippen LogP contribution in [0.1, 0.15) is 5.01 Å². The number of hydrogen-bond acceptors (Lipinski definition) is 10. The normalized spacial score (nSPS) is 12.9. The standard InChI is InChI=1S/C19H21BrF3N5O4S2/c1-28(2)7-8-32-13(29)10-25-15(14(20)16(24)19(21,22)23)18-27-26-17(33-18)11-5-4-6-12(9-11)34(3,30)31/h4-6,9,24-25H,7-8,10H2,1-3H3/b15-14+,24-16?. The molecule has 0 radical (unpaired) electrons. The van der Waals surface area contributed by atoms with Gasteiger partial charge in [-0.05, 0) is 42.2 Å². The Morgan fingerprint density at radius 1 is 1.29 bits per heavy atom. The lowest BCUT2D eigenvalue weighted by Gasteiger charge is -2.14. The number of alkyl halides is 3. The van der Waals surface area contributed by atoms with Crippen LogP contribution in [0.5, 0.6) is 0 Å². The first-order valence-electron chi connectivity index (χ1n) is 9.44. The zero-order valence-corrected chi connectivity index (χ0v) is 21.5. The van der Waals surface area contributed by atoms with Crippen molar-refractivity contribution in [1.82, 2.24) is 20.4 Å². The highest BCUT2D eigenvalue weighted by Gasteiger charge is 2.38. The Balaban J connectivity index is 2.37. The monoisotopic (exact) mass is 583 g/mol. The van der Waals surface area contributed by atoms with Gasteiger partial charge in [0.15, 0.2) is 20.6 Å². The lowest BCUT2D eigenvalue weighted by molar-refractivity contribution is -0.142. The molecule has 186 valence electrons.